The summed E-state index contributed by atoms with van der Waals surface area (Å²) in [5, 5.41) is 8.18. The fourth-order valence-electron chi connectivity index (χ4n) is 4.81. The van der Waals surface area contributed by atoms with E-state index >= 15 is 0 Å². The van der Waals surface area contributed by atoms with E-state index in [2.05, 4.69) is 80.0 Å². The molecule has 220 valence electrons. The van der Waals surface area contributed by atoms with Gasteiger partial charge in [0.2, 0.25) is 0 Å². The Balaban J connectivity index is 1.40. The normalized spacial score (nSPS) is 13.9. The minimum Gasteiger partial charge on any atom is -0.486 e. The van der Waals surface area contributed by atoms with Gasteiger partial charge in [-0.25, -0.2) is 9.97 Å². The number of benzene rings is 2. The van der Waals surface area contributed by atoms with Gasteiger partial charge in [0.1, 0.15) is 24.5 Å². The Bertz CT molecular complexity index is 1690. The average Bonchev–Trinajstić information content (AvgIpc) is 3.01. The molecule has 2 aromatic heterocycles. The van der Waals surface area contributed by atoms with Gasteiger partial charge >= 0.3 is 0 Å². The van der Waals surface area contributed by atoms with Crippen molar-refractivity contribution in [2.75, 3.05) is 50.4 Å². The van der Waals surface area contributed by atoms with Crippen LogP contribution in [0, 0.1) is 23.7 Å². The van der Waals surface area contributed by atoms with Gasteiger partial charge in [-0.1, -0.05) is 35.4 Å². The van der Waals surface area contributed by atoms with Crippen LogP contribution in [-0.2, 0) is 6.61 Å². The van der Waals surface area contributed by atoms with E-state index in [-0.39, 0.29) is 5.54 Å². The molecule has 0 radical (unpaired) electrons. The highest BCUT2D eigenvalue weighted by Crippen LogP contribution is 2.32. The van der Waals surface area contributed by atoms with Crippen LogP contribution >= 0.6 is 11.6 Å². The third-order valence-corrected chi connectivity index (χ3v) is 7.71. The number of rotatable bonds is 8. The first kappa shape index (κ1) is 30.1. The fraction of sp³-hybridized carbons (Fsp3) is 0.324. The number of hydrogen-bond acceptors (Lipinski definition) is 8. The van der Waals surface area contributed by atoms with E-state index < -0.39 is 0 Å². The van der Waals surface area contributed by atoms with Crippen molar-refractivity contribution >= 4 is 39.7 Å². The zero-order valence-electron chi connectivity index (χ0n) is 25.0. The van der Waals surface area contributed by atoms with Crippen molar-refractivity contribution < 1.29 is 4.74 Å². The lowest BCUT2D eigenvalue weighted by Crippen LogP contribution is -2.53. The van der Waals surface area contributed by atoms with Crippen molar-refractivity contribution in [3.8, 4) is 29.4 Å². The fourth-order valence-corrected chi connectivity index (χ4v) is 5.05. The second-order valence-electron chi connectivity index (χ2n) is 10.9. The van der Waals surface area contributed by atoms with Gasteiger partial charge in [-0.15, -0.1) is 5.92 Å². The van der Waals surface area contributed by atoms with Crippen LogP contribution in [0.15, 0.2) is 61.1 Å². The Kier molecular flexibility index (Phi) is 9.64. The van der Waals surface area contributed by atoms with Gasteiger partial charge in [0.05, 0.1) is 34.0 Å². The Labute approximate surface area is 258 Å². The number of halogens is 1. The molecule has 1 aliphatic rings. The second-order valence-corrected chi connectivity index (χ2v) is 11.3. The Morgan fingerprint density at radius 1 is 1.02 bits per heavy atom. The molecule has 0 amide bonds. The predicted octanol–water partition coefficient (Wildman–Crippen LogP) is 5.81. The summed E-state index contributed by atoms with van der Waals surface area (Å²) in [4.78, 5) is 18.2. The SMILES string of the molecule is CC#CCNc1cc2c(Nc3ccc(OCc4ccccn4)c(Cl)c3)ncnc2cc1C#CC(C)(C)N1CCN(C)CC1. The van der Waals surface area contributed by atoms with Crippen molar-refractivity contribution in [2.45, 2.75) is 32.9 Å². The highest BCUT2D eigenvalue weighted by Gasteiger charge is 2.27. The molecule has 5 rings (SSSR count). The standard InChI is InChI=1S/C34H36ClN7O/c1-5-6-14-37-30-22-28-31(20-25(30)12-13-34(2,3)42-18-16-41(4)17-19-42)38-24-39-33(28)40-26-10-11-32(29(35)21-26)43-23-27-9-7-8-15-36-27/h7-11,15,20-22,24,37H,14,16-19,23H2,1-4H3,(H,38,39,40). The van der Waals surface area contributed by atoms with E-state index in [1.165, 1.54) is 0 Å². The third-order valence-electron chi connectivity index (χ3n) is 7.41. The van der Waals surface area contributed by atoms with Gasteiger partial charge in [-0.2, -0.15) is 0 Å². The van der Waals surface area contributed by atoms with Crippen molar-refractivity contribution in [1.29, 1.82) is 0 Å². The number of pyridine rings is 1. The van der Waals surface area contributed by atoms with Crippen LogP contribution in [0.2, 0.25) is 5.02 Å². The lowest BCUT2D eigenvalue weighted by molar-refractivity contribution is 0.0946. The molecule has 0 aliphatic carbocycles. The maximum atomic E-state index is 6.57. The molecule has 2 N–H and O–H groups in total. The number of hydrogen-bond donors (Lipinski definition) is 2. The summed E-state index contributed by atoms with van der Waals surface area (Å²) in [5.74, 6) is 14.3. The van der Waals surface area contributed by atoms with Gasteiger partial charge in [0.15, 0.2) is 0 Å². The smallest absolute Gasteiger partial charge is 0.141 e. The number of aromatic nitrogens is 3. The monoisotopic (exact) mass is 593 g/mol. The molecule has 1 aliphatic heterocycles. The zero-order valence-corrected chi connectivity index (χ0v) is 25.8. The van der Waals surface area contributed by atoms with Gasteiger partial charge in [-0.3, -0.25) is 9.88 Å². The first-order valence-electron chi connectivity index (χ1n) is 14.3. The first-order chi connectivity index (χ1) is 20.8. The van der Waals surface area contributed by atoms with Crippen LogP contribution in [0.25, 0.3) is 10.9 Å². The lowest BCUT2D eigenvalue weighted by Gasteiger charge is -2.40. The first-order valence-corrected chi connectivity index (χ1v) is 14.7. The van der Waals surface area contributed by atoms with Gasteiger partial charge in [-0.05, 0) is 70.3 Å². The molecule has 0 saturated carbocycles. The quantitative estimate of drug-likeness (QED) is 0.248. The van der Waals surface area contributed by atoms with Gasteiger partial charge in [0.25, 0.3) is 0 Å². The zero-order chi connectivity index (χ0) is 30.2. The van der Waals surface area contributed by atoms with Crippen LogP contribution in [0.4, 0.5) is 17.2 Å². The minimum atomic E-state index is -0.262. The molecule has 4 aromatic rings. The molecule has 1 saturated heterocycles. The topological polar surface area (TPSA) is 78.4 Å². The van der Waals surface area contributed by atoms with E-state index in [0.717, 1.165) is 59.7 Å². The molecule has 1 fully saturated rings. The molecule has 0 spiro atoms. The summed E-state index contributed by atoms with van der Waals surface area (Å²) in [5.41, 5.74) is 3.88. The number of likely N-dealkylation sites (N-methyl/N-ethyl adjacent to an activating group) is 1. The van der Waals surface area contributed by atoms with Crippen LogP contribution in [-0.4, -0.2) is 70.1 Å². The van der Waals surface area contributed by atoms with Crippen LogP contribution < -0.4 is 15.4 Å². The van der Waals surface area contributed by atoms with Crippen molar-refractivity contribution in [3.63, 3.8) is 0 Å². The second kappa shape index (κ2) is 13.8. The van der Waals surface area contributed by atoms with Crippen LogP contribution in [0.1, 0.15) is 32.0 Å². The Morgan fingerprint density at radius 3 is 2.60 bits per heavy atom. The number of anilines is 3. The molecule has 0 bridgehead atoms. The van der Waals surface area contributed by atoms with Gasteiger partial charge in [0, 0.05) is 49.0 Å². The maximum Gasteiger partial charge on any atom is 0.141 e. The molecular weight excluding hydrogens is 558 g/mol. The minimum absolute atomic E-state index is 0.262. The molecule has 0 unspecified atom stereocenters. The van der Waals surface area contributed by atoms with Crippen molar-refractivity contribution in [3.05, 3.63) is 77.3 Å². The third kappa shape index (κ3) is 7.74. The van der Waals surface area contributed by atoms with E-state index in [1.807, 2.05) is 55.5 Å². The number of fused-ring (bicyclic) bond motifs is 1. The maximum absolute atomic E-state index is 6.57. The summed E-state index contributed by atoms with van der Waals surface area (Å²) in [6.07, 6.45) is 3.29. The van der Waals surface area contributed by atoms with E-state index in [4.69, 9.17) is 16.3 Å². The summed E-state index contributed by atoms with van der Waals surface area (Å²) < 4.78 is 5.88. The van der Waals surface area contributed by atoms with E-state index in [1.54, 1.807) is 12.5 Å². The summed E-state index contributed by atoms with van der Waals surface area (Å²) in [7, 11) is 2.16. The largest absolute Gasteiger partial charge is 0.486 e. The van der Waals surface area contributed by atoms with E-state index in [9.17, 15) is 0 Å². The van der Waals surface area contributed by atoms with Crippen molar-refractivity contribution in [1.82, 2.24) is 24.8 Å². The highest BCUT2D eigenvalue weighted by atomic mass is 35.5. The molecule has 43 heavy (non-hydrogen) atoms. The summed E-state index contributed by atoms with van der Waals surface area (Å²) >= 11 is 6.57. The number of nitrogens with one attached hydrogen (secondary N) is 2. The molecule has 8 nitrogen and oxygen atoms in total. The molecule has 9 heteroatoms. The molecular formula is C34H36ClN7O. The number of ether oxygens (including phenoxy) is 1. The molecule has 2 aromatic carbocycles. The van der Waals surface area contributed by atoms with Crippen molar-refractivity contribution in [2.24, 2.45) is 0 Å². The average molecular weight is 594 g/mol. The highest BCUT2D eigenvalue weighted by molar-refractivity contribution is 6.32. The number of piperazine rings is 1. The van der Waals surface area contributed by atoms with Crippen LogP contribution in [0.3, 0.4) is 0 Å². The predicted molar refractivity (Wildman–Crippen MR) is 175 cm³/mol. The van der Waals surface area contributed by atoms with E-state index in [0.29, 0.717) is 29.7 Å². The summed E-state index contributed by atoms with van der Waals surface area (Å²) in [6.45, 7) is 11.1. The molecule has 0 atom stereocenters. The lowest BCUT2D eigenvalue weighted by atomic mass is 10.0. The van der Waals surface area contributed by atoms with Crippen LogP contribution in [0.5, 0.6) is 5.75 Å². The van der Waals surface area contributed by atoms with Gasteiger partial charge < -0.3 is 20.3 Å². The summed E-state index contributed by atoms with van der Waals surface area (Å²) in [6, 6.07) is 15.3. The Morgan fingerprint density at radius 2 is 1.86 bits per heavy atom. The Hall–Kier alpha value is -4.34. The molecule has 3 heterocycles. The number of nitrogens with zero attached hydrogens (tertiary/aromatic N) is 5.